The molecular formula is C23H25N5O3. The highest BCUT2D eigenvalue weighted by Gasteiger charge is 2.22. The van der Waals surface area contributed by atoms with Gasteiger partial charge in [-0.05, 0) is 29.3 Å². The van der Waals surface area contributed by atoms with E-state index in [0.29, 0.717) is 24.6 Å². The van der Waals surface area contributed by atoms with Crippen molar-refractivity contribution in [1.82, 2.24) is 24.9 Å². The van der Waals surface area contributed by atoms with Crippen LogP contribution < -0.4 is 4.74 Å². The van der Waals surface area contributed by atoms with Gasteiger partial charge < -0.3 is 14.2 Å². The highest BCUT2D eigenvalue weighted by Crippen LogP contribution is 2.26. The van der Waals surface area contributed by atoms with E-state index >= 15 is 0 Å². The summed E-state index contributed by atoms with van der Waals surface area (Å²) < 4.78 is 10.9. The van der Waals surface area contributed by atoms with Gasteiger partial charge in [0.2, 0.25) is 17.6 Å². The molecule has 0 N–H and O–H groups in total. The molecule has 2 aromatic heterocycles. The SMILES string of the molecule is O=C(CCc1nc(-c2ccncc2)no1)N1CCN(Cc2ccc3c(c2)CCO3)CC1. The van der Waals surface area contributed by atoms with E-state index in [0.717, 1.165) is 57.1 Å². The van der Waals surface area contributed by atoms with Gasteiger partial charge in [0.15, 0.2) is 0 Å². The maximum atomic E-state index is 12.6. The Morgan fingerprint density at radius 2 is 1.90 bits per heavy atom. The molecule has 0 spiro atoms. The largest absolute Gasteiger partial charge is 0.493 e. The predicted octanol–water partition coefficient (Wildman–Crippen LogP) is 2.34. The van der Waals surface area contributed by atoms with E-state index in [-0.39, 0.29) is 5.91 Å². The number of piperazine rings is 1. The molecule has 2 aliphatic heterocycles. The van der Waals surface area contributed by atoms with Gasteiger partial charge in [0.25, 0.3) is 0 Å². The van der Waals surface area contributed by atoms with Crippen LogP contribution in [0.25, 0.3) is 11.4 Å². The maximum absolute atomic E-state index is 12.6. The summed E-state index contributed by atoms with van der Waals surface area (Å²) in [6, 6.07) is 10.1. The molecule has 0 aliphatic carbocycles. The molecule has 5 rings (SSSR count). The molecule has 8 nitrogen and oxygen atoms in total. The Morgan fingerprint density at radius 1 is 1.06 bits per heavy atom. The average Bonchev–Trinajstić information content (AvgIpc) is 3.48. The van der Waals surface area contributed by atoms with Crippen LogP contribution in [-0.2, 0) is 24.2 Å². The smallest absolute Gasteiger partial charge is 0.227 e. The monoisotopic (exact) mass is 419 g/mol. The molecule has 0 atom stereocenters. The maximum Gasteiger partial charge on any atom is 0.227 e. The molecule has 1 fully saturated rings. The zero-order chi connectivity index (χ0) is 21.0. The summed E-state index contributed by atoms with van der Waals surface area (Å²) >= 11 is 0. The first-order valence-electron chi connectivity index (χ1n) is 10.7. The molecule has 8 heteroatoms. The first-order valence-corrected chi connectivity index (χ1v) is 10.7. The van der Waals surface area contributed by atoms with Crippen molar-refractivity contribution in [3.63, 3.8) is 0 Å². The standard InChI is InChI=1S/C23H25N5O3/c29-22(4-3-21-25-23(26-31-21)18-5-8-24-9-6-18)28-12-10-27(11-13-28)16-17-1-2-20-19(15-17)7-14-30-20/h1-2,5-6,8-9,15H,3-4,7,10-14,16H2. The second-order valence-electron chi connectivity index (χ2n) is 7.95. The fourth-order valence-corrected chi connectivity index (χ4v) is 4.10. The topological polar surface area (TPSA) is 84.6 Å². The van der Waals surface area contributed by atoms with Crippen LogP contribution in [0.5, 0.6) is 5.75 Å². The number of carbonyl (C=O) groups is 1. The highest BCUT2D eigenvalue weighted by molar-refractivity contribution is 5.76. The van der Waals surface area contributed by atoms with Crippen LogP contribution in [0.4, 0.5) is 0 Å². The Labute approximate surface area is 180 Å². The van der Waals surface area contributed by atoms with Gasteiger partial charge in [-0.3, -0.25) is 14.7 Å². The number of aryl methyl sites for hydroxylation is 1. The van der Waals surface area contributed by atoms with Gasteiger partial charge in [-0.2, -0.15) is 4.98 Å². The Bertz CT molecular complexity index is 1040. The van der Waals surface area contributed by atoms with Crippen LogP contribution in [0.15, 0.2) is 47.2 Å². The van der Waals surface area contributed by atoms with E-state index < -0.39 is 0 Å². The molecule has 0 radical (unpaired) electrons. The first-order chi connectivity index (χ1) is 15.2. The third kappa shape index (κ3) is 4.59. The number of carbonyl (C=O) groups excluding carboxylic acids is 1. The number of hydrogen-bond donors (Lipinski definition) is 0. The van der Waals surface area contributed by atoms with E-state index in [9.17, 15) is 4.79 Å². The van der Waals surface area contributed by atoms with Crippen LogP contribution in [-0.4, -0.2) is 63.6 Å². The number of benzene rings is 1. The number of fused-ring (bicyclic) bond motifs is 1. The van der Waals surface area contributed by atoms with Crippen LogP contribution >= 0.6 is 0 Å². The fourth-order valence-electron chi connectivity index (χ4n) is 4.10. The van der Waals surface area contributed by atoms with E-state index in [4.69, 9.17) is 9.26 Å². The molecular weight excluding hydrogens is 394 g/mol. The number of nitrogens with zero attached hydrogens (tertiary/aromatic N) is 5. The van der Waals surface area contributed by atoms with Crippen molar-refractivity contribution in [2.24, 2.45) is 0 Å². The molecule has 0 saturated carbocycles. The molecule has 160 valence electrons. The number of hydrogen-bond acceptors (Lipinski definition) is 7. The van der Waals surface area contributed by atoms with E-state index in [2.05, 4.69) is 38.2 Å². The van der Waals surface area contributed by atoms with Crippen LogP contribution in [0, 0.1) is 0 Å². The van der Waals surface area contributed by atoms with E-state index in [1.165, 1.54) is 11.1 Å². The summed E-state index contributed by atoms with van der Waals surface area (Å²) in [5.41, 5.74) is 3.47. The fraction of sp³-hybridized carbons (Fsp3) is 0.391. The summed E-state index contributed by atoms with van der Waals surface area (Å²) in [5.74, 6) is 2.17. The van der Waals surface area contributed by atoms with Gasteiger partial charge in [-0.1, -0.05) is 17.3 Å². The zero-order valence-electron chi connectivity index (χ0n) is 17.4. The van der Waals surface area contributed by atoms with Crippen LogP contribution in [0.2, 0.25) is 0 Å². The second-order valence-corrected chi connectivity index (χ2v) is 7.95. The minimum Gasteiger partial charge on any atom is -0.493 e. The lowest BCUT2D eigenvalue weighted by atomic mass is 10.1. The van der Waals surface area contributed by atoms with Gasteiger partial charge in [0.1, 0.15) is 5.75 Å². The predicted molar refractivity (Wildman–Crippen MR) is 113 cm³/mol. The summed E-state index contributed by atoms with van der Waals surface area (Å²) in [4.78, 5) is 25.4. The Kier molecular flexibility index (Phi) is 5.62. The Balaban J connectivity index is 1.08. The number of pyridine rings is 1. The lowest BCUT2D eigenvalue weighted by Gasteiger charge is -2.34. The summed E-state index contributed by atoms with van der Waals surface area (Å²) in [5, 5.41) is 3.99. The normalized spacial score (nSPS) is 16.2. The van der Waals surface area contributed by atoms with Crippen molar-refractivity contribution in [2.75, 3.05) is 32.8 Å². The number of ether oxygens (including phenoxy) is 1. The molecule has 1 aromatic carbocycles. The summed E-state index contributed by atoms with van der Waals surface area (Å²) in [6.45, 7) is 4.96. The summed E-state index contributed by atoms with van der Waals surface area (Å²) in [6.07, 6.45) is 5.20. The third-order valence-corrected chi connectivity index (χ3v) is 5.84. The minimum atomic E-state index is 0.137. The van der Waals surface area contributed by atoms with E-state index in [1.54, 1.807) is 12.4 Å². The lowest BCUT2D eigenvalue weighted by Crippen LogP contribution is -2.48. The van der Waals surface area contributed by atoms with Crippen molar-refractivity contribution in [3.8, 4) is 17.1 Å². The van der Waals surface area contributed by atoms with Crippen molar-refractivity contribution in [3.05, 3.63) is 59.7 Å². The van der Waals surface area contributed by atoms with Crippen LogP contribution in [0.1, 0.15) is 23.4 Å². The summed E-state index contributed by atoms with van der Waals surface area (Å²) in [7, 11) is 0. The number of amides is 1. The van der Waals surface area contributed by atoms with Crippen molar-refractivity contribution in [2.45, 2.75) is 25.8 Å². The molecule has 31 heavy (non-hydrogen) atoms. The molecule has 1 amide bonds. The van der Waals surface area contributed by atoms with Crippen LogP contribution in [0.3, 0.4) is 0 Å². The first kappa shape index (κ1) is 19.7. The molecule has 1 saturated heterocycles. The molecule has 0 unspecified atom stereocenters. The molecule has 4 heterocycles. The van der Waals surface area contributed by atoms with Crippen molar-refractivity contribution in [1.29, 1.82) is 0 Å². The van der Waals surface area contributed by atoms with Crippen molar-refractivity contribution < 1.29 is 14.1 Å². The number of aromatic nitrogens is 3. The van der Waals surface area contributed by atoms with Crippen molar-refractivity contribution >= 4 is 5.91 Å². The van der Waals surface area contributed by atoms with Gasteiger partial charge in [-0.15, -0.1) is 0 Å². The highest BCUT2D eigenvalue weighted by atomic mass is 16.5. The zero-order valence-corrected chi connectivity index (χ0v) is 17.4. The van der Waals surface area contributed by atoms with Gasteiger partial charge in [-0.25, -0.2) is 0 Å². The van der Waals surface area contributed by atoms with Gasteiger partial charge >= 0.3 is 0 Å². The lowest BCUT2D eigenvalue weighted by molar-refractivity contribution is -0.133. The quantitative estimate of drug-likeness (QED) is 0.606. The Hall–Kier alpha value is -3.26. The average molecular weight is 419 g/mol. The molecule has 3 aromatic rings. The van der Waals surface area contributed by atoms with Gasteiger partial charge in [0, 0.05) is 69.9 Å². The Morgan fingerprint density at radius 3 is 2.74 bits per heavy atom. The number of rotatable bonds is 6. The minimum absolute atomic E-state index is 0.137. The van der Waals surface area contributed by atoms with E-state index in [1.807, 2.05) is 17.0 Å². The molecule has 2 aliphatic rings. The third-order valence-electron chi connectivity index (χ3n) is 5.84. The molecule has 0 bridgehead atoms. The second kappa shape index (κ2) is 8.85. The van der Waals surface area contributed by atoms with Gasteiger partial charge in [0.05, 0.1) is 6.61 Å².